The summed E-state index contributed by atoms with van der Waals surface area (Å²) in [7, 11) is 0. The number of rotatable bonds is 8. The van der Waals surface area contributed by atoms with Crippen LogP contribution >= 0.6 is 0 Å². The predicted octanol–water partition coefficient (Wildman–Crippen LogP) is 1.92. The second-order valence-corrected chi connectivity index (χ2v) is 4.12. The van der Waals surface area contributed by atoms with Gasteiger partial charge in [0.25, 0.3) is 5.91 Å². The number of carboxylic acid groups (broad SMARTS) is 1. The Balaban J connectivity index is 2.63. The van der Waals surface area contributed by atoms with Crippen LogP contribution in [-0.2, 0) is 14.3 Å². The minimum Gasteiger partial charge on any atom is -0.480 e. The Hall–Kier alpha value is -1.88. The first kappa shape index (κ1) is 15.2. The predicted molar refractivity (Wildman–Crippen MR) is 72.2 cm³/mol. The Morgan fingerprint density at radius 2 is 1.95 bits per heavy atom. The fraction of sp³-hybridized carbons (Fsp3) is 0.429. The van der Waals surface area contributed by atoms with Gasteiger partial charge in [-0.2, -0.15) is 0 Å². The summed E-state index contributed by atoms with van der Waals surface area (Å²) in [5.74, 6) is -1.39. The van der Waals surface area contributed by atoms with Crippen LogP contribution in [0.3, 0.4) is 0 Å². The summed E-state index contributed by atoms with van der Waals surface area (Å²) >= 11 is 0. The van der Waals surface area contributed by atoms with Crippen LogP contribution in [0.15, 0.2) is 30.3 Å². The number of nitrogens with zero attached hydrogens (tertiary/aromatic N) is 1. The van der Waals surface area contributed by atoms with Gasteiger partial charge in [-0.15, -0.1) is 0 Å². The highest BCUT2D eigenvalue weighted by Gasteiger charge is 2.18. The Morgan fingerprint density at radius 3 is 2.53 bits per heavy atom. The number of benzene rings is 1. The van der Waals surface area contributed by atoms with E-state index >= 15 is 0 Å². The lowest BCUT2D eigenvalue weighted by Crippen LogP contribution is -2.38. The van der Waals surface area contributed by atoms with E-state index in [0.717, 1.165) is 12.8 Å². The standard InChI is InChI=1S/C14H19NO4/c1-2-3-9-19-11-13(16)15(10-14(17)18)12-7-5-4-6-8-12/h4-8H,2-3,9-11H2,1H3,(H,17,18). The lowest BCUT2D eigenvalue weighted by molar-refractivity contribution is -0.137. The van der Waals surface area contributed by atoms with E-state index in [-0.39, 0.29) is 19.1 Å². The maximum Gasteiger partial charge on any atom is 0.323 e. The zero-order valence-electron chi connectivity index (χ0n) is 11.0. The molecule has 0 fully saturated rings. The summed E-state index contributed by atoms with van der Waals surface area (Å²) in [5, 5.41) is 8.87. The molecule has 0 aliphatic carbocycles. The molecule has 0 radical (unpaired) electrons. The largest absolute Gasteiger partial charge is 0.480 e. The lowest BCUT2D eigenvalue weighted by Gasteiger charge is -2.20. The molecule has 0 bridgehead atoms. The zero-order chi connectivity index (χ0) is 14.1. The third kappa shape index (κ3) is 5.52. The number of anilines is 1. The number of carboxylic acids is 1. The van der Waals surface area contributed by atoms with Crippen LogP contribution in [0, 0.1) is 0 Å². The van der Waals surface area contributed by atoms with Gasteiger partial charge in [-0.25, -0.2) is 0 Å². The highest BCUT2D eigenvalue weighted by Crippen LogP contribution is 2.13. The van der Waals surface area contributed by atoms with Crippen LogP contribution in [-0.4, -0.2) is 36.7 Å². The molecule has 19 heavy (non-hydrogen) atoms. The van der Waals surface area contributed by atoms with Crippen LogP contribution in [0.25, 0.3) is 0 Å². The van der Waals surface area contributed by atoms with Gasteiger partial charge >= 0.3 is 5.97 Å². The van der Waals surface area contributed by atoms with Crippen LogP contribution in [0.5, 0.6) is 0 Å². The van der Waals surface area contributed by atoms with E-state index in [4.69, 9.17) is 9.84 Å². The normalized spacial score (nSPS) is 10.2. The molecule has 0 atom stereocenters. The Bertz CT molecular complexity index is 405. The first-order chi connectivity index (χ1) is 9.15. The second kappa shape index (κ2) is 8.26. The molecule has 0 saturated heterocycles. The highest BCUT2D eigenvalue weighted by atomic mass is 16.5. The summed E-state index contributed by atoms with van der Waals surface area (Å²) in [6, 6.07) is 8.73. The molecule has 1 aromatic rings. The van der Waals surface area contributed by atoms with Gasteiger partial charge in [-0.1, -0.05) is 31.5 Å². The molecule has 5 nitrogen and oxygen atoms in total. The van der Waals surface area contributed by atoms with Gasteiger partial charge < -0.3 is 9.84 Å². The molecule has 0 saturated carbocycles. The van der Waals surface area contributed by atoms with E-state index in [0.29, 0.717) is 12.3 Å². The number of aliphatic carboxylic acids is 1. The number of amides is 1. The van der Waals surface area contributed by atoms with Crippen molar-refractivity contribution in [3.05, 3.63) is 30.3 Å². The van der Waals surface area contributed by atoms with Crippen molar-refractivity contribution in [1.29, 1.82) is 0 Å². The number of hydrogen-bond acceptors (Lipinski definition) is 3. The number of carbonyl (C=O) groups is 2. The molecule has 0 aliphatic heterocycles. The molecule has 1 N–H and O–H groups in total. The average Bonchev–Trinajstić information content (AvgIpc) is 2.41. The molecule has 5 heteroatoms. The van der Waals surface area contributed by atoms with Crippen molar-refractivity contribution < 1.29 is 19.4 Å². The van der Waals surface area contributed by atoms with E-state index in [1.807, 2.05) is 13.0 Å². The van der Waals surface area contributed by atoms with E-state index < -0.39 is 5.97 Å². The third-order valence-corrected chi connectivity index (χ3v) is 2.53. The minimum absolute atomic E-state index is 0.0951. The number of para-hydroxylation sites is 1. The van der Waals surface area contributed by atoms with Crippen LogP contribution in [0.2, 0.25) is 0 Å². The molecule has 0 unspecified atom stereocenters. The van der Waals surface area contributed by atoms with Crippen molar-refractivity contribution in [3.8, 4) is 0 Å². The van der Waals surface area contributed by atoms with Crippen molar-refractivity contribution in [3.63, 3.8) is 0 Å². The summed E-state index contributed by atoms with van der Waals surface area (Å²) in [6.45, 7) is 2.09. The van der Waals surface area contributed by atoms with Crippen LogP contribution in [0.1, 0.15) is 19.8 Å². The minimum atomic E-state index is -1.05. The maximum absolute atomic E-state index is 12.0. The summed E-state index contributed by atoms with van der Waals surface area (Å²) in [6.07, 6.45) is 1.88. The van der Waals surface area contributed by atoms with Gasteiger partial charge in [0.15, 0.2) is 0 Å². The smallest absolute Gasteiger partial charge is 0.323 e. The molecule has 1 aromatic carbocycles. The summed E-state index contributed by atoms with van der Waals surface area (Å²) in [4.78, 5) is 24.0. The number of ether oxygens (including phenoxy) is 1. The van der Waals surface area contributed by atoms with Crippen LogP contribution < -0.4 is 4.90 Å². The first-order valence-corrected chi connectivity index (χ1v) is 6.30. The quantitative estimate of drug-likeness (QED) is 0.729. The third-order valence-electron chi connectivity index (χ3n) is 2.53. The maximum atomic E-state index is 12.0. The van der Waals surface area contributed by atoms with Crippen molar-refractivity contribution in [1.82, 2.24) is 0 Å². The van der Waals surface area contributed by atoms with E-state index in [2.05, 4.69) is 0 Å². The van der Waals surface area contributed by atoms with E-state index in [1.54, 1.807) is 24.3 Å². The summed E-state index contributed by atoms with van der Waals surface area (Å²) < 4.78 is 5.24. The van der Waals surface area contributed by atoms with E-state index in [9.17, 15) is 9.59 Å². The lowest BCUT2D eigenvalue weighted by atomic mass is 10.3. The molecule has 0 aliphatic rings. The average molecular weight is 265 g/mol. The van der Waals surface area contributed by atoms with Crippen molar-refractivity contribution in [2.24, 2.45) is 0 Å². The monoisotopic (exact) mass is 265 g/mol. The van der Waals surface area contributed by atoms with Gasteiger partial charge in [0.1, 0.15) is 13.2 Å². The molecule has 0 heterocycles. The second-order valence-electron chi connectivity index (χ2n) is 4.12. The topological polar surface area (TPSA) is 66.8 Å². The van der Waals surface area contributed by atoms with Gasteiger partial charge in [0, 0.05) is 12.3 Å². The number of carbonyl (C=O) groups excluding carboxylic acids is 1. The van der Waals surface area contributed by atoms with Gasteiger partial charge in [-0.05, 0) is 18.6 Å². The first-order valence-electron chi connectivity index (χ1n) is 6.30. The fourth-order valence-corrected chi connectivity index (χ4v) is 1.55. The summed E-state index contributed by atoms with van der Waals surface area (Å²) in [5.41, 5.74) is 0.564. The Kier molecular flexibility index (Phi) is 6.60. The molecule has 0 aromatic heterocycles. The molecule has 104 valence electrons. The van der Waals surface area contributed by atoms with Gasteiger partial charge in [0.05, 0.1) is 0 Å². The van der Waals surface area contributed by atoms with Crippen molar-refractivity contribution in [2.75, 3.05) is 24.7 Å². The van der Waals surface area contributed by atoms with E-state index in [1.165, 1.54) is 4.90 Å². The molecular weight excluding hydrogens is 246 g/mol. The molecule has 1 rings (SSSR count). The van der Waals surface area contributed by atoms with Crippen LogP contribution in [0.4, 0.5) is 5.69 Å². The Morgan fingerprint density at radius 1 is 1.26 bits per heavy atom. The SMILES string of the molecule is CCCCOCC(=O)N(CC(=O)O)c1ccccc1. The zero-order valence-corrected chi connectivity index (χ0v) is 11.0. The molecule has 0 spiro atoms. The van der Waals surface area contributed by atoms with Gasteiger partial charge in [-0.3, -0.25) is 14.5 Å². The number of hydrogen-bond donors (Lipinski definition) is 1. The number of unbranched alkanes of at least 4 members (excludes halogenated alkanes) is 1. The van der Waals surface area contributed by atoms with Crippen molar-refractivity contribution in [2.45, 2.75) is 19.8 Å². The van der Waals surface area contributed by atoms with Gasteiger partial charge in [0.2, 0.25) is 0 Å². The highest BCUT2D eigenvalue weighted by molar-refractivity contribution is 5.98. The Labute approximate surface area is 112 Å². The fourth-order valence-electron chi connectivity index (χ4n) is 1.55. The molecular formula is C14H19NO4. The van der Waals surface area contributed by atoms with Crippen molar-refractivity contribution >= 4 is 17.6 Å². The molecule has 1 amide bonds.